The minimum absolute atomic E-state index is 0.485. The Bertz CT molecular complexity index is 97.8. The average Bonchev–Trinajstić information content (AvgIpc) is 1.78. The van der Waals surface area contributed by atoms with Crippen molar-refractivity contribution in [2.75, 3.05) is 0 Å². The fraction of sp³-hybridized carbons (Fsp3) is 0.778. The first-order valence-corrected chi connectivity index (χ1v) is 3.90. The molecule has 0 aliphatic carbocycles. The molecule has 0 aromatic carbocycles. The summed E-state index contributed by atoms with van der Waals surface area (Å²) in [6.45, 7) is 5.72. The van der Waals surface area contributed by atoms with Gasteiger partial charge in [0.25, 0.3) is 0 Å². The summed E-state index contributed by atoms with van der Waals surface area (Å²) in [5.41, 5.74) is -0.485. The molecule has 1 heteroatoms. The topological polar surface area (TPSA) is 20.2 Å². The summed E-state index contributed by atoms with van der Waals surface area (Å²) in [5.74, 6) is 0. The molecule has 60 valence electrons. The highest BCUT2D eigenvalue weighted by Gasteiger charge is 2.09. The predicted molar refractivity (Wildman–Crippen MR) is 45.0 cm³/mol. The van der Waals surface area contributed by atoms with E-state index in [0.717, 1.165) is 19.3 Å². The molecule has 10 heavy (non-hydrogen) atoms. The van der Waals surface area contributed by atoms with Crippen LogP contribution in [0.15, 0.2) is 12.2 Å². The lowest BCUT2D eigenvalue weighted by atomic mass is 10.0. The van der Waals surface area contributed by atoms with E-state index in [0.29, 0.717) is 0 Å². The summed E-state index contributed by atoms with van der Waals surface area (Å²) in [6, 6.07) is 0. The van der Waals surface area contributed by atoms with E-state index in [2.05, 4.69) is 6.08 Å². The van der Waals surface area contributed by atoms with Gasteiger partial charge >= 0.3 is 0 Å². The highest BCUT2D eigenvalue weighted by molar-refractivity contribution is 4.77. The zero-order valence-electron chi connectivity index (χ0n) is 7.22. The molecule has 0 aromatic rings. The second-order valence-electron chi connectivity index (χ2n) is 3.27. The minimum atomic E-state index is -0.485. The fourth-order valence-electron chi connectivity index (χ4n) is 0.819. The van der Waals surface area contributed by atoms with Crippen LogP contribution in [0.4, 0.5) is 0 Å². The van der Waals surface area contributed by atoms with Gasteiger partial charge in [0.2, 0.25) is 0 Å². The highest BCUT2D eigenvalue weighted by atomic mass is 16.3. The Kier molecular flexibility index (Phi) is 4.37. The van der Waals surface area contributed by atoms with Crippen molar-refractivity contribution < 1.29 is 5.11 Å². The molecule has 1 nitrogen and oxygen atoms in total. The molecule has 0 spiro atoms. The van der Waals surface area contributed by atoms with Crippen LogP contribution in [0.2, 0.25) is 0 Å². The van der Waals surface area contributed by atoms with Crippen molar-refractivity contribution >= 4 is 0 Å². The summed E-state index contributed by atoms with van der Waals surface area (Å²) in [6.07, 6.45) is 7.22. The molecule has 0 unspecified atom stereocenters. The lowest BCUT2D eigenvalue weighted by molar-refractivity contribution is 0.0691. The van der Waals surface area contributed by atoms with Crippen LogP contribution in [0, 0.1) is 0 Å². The smallest absolute Gasteiger partial charge is 0.0591 e. The second kappa shape index (κ2) is 4.51. The lowest BCUT2D eigenvalue weighted by Gasteiger charge is -2.15. The van der Waals surface area contributed by atoms with E-state index < -0.39 is 5.60 Å². The van der Waals surface area contributed by atoms with Gasteiger partial charge in [0.15, 0.2) is 0 Å². The molecular weight excluding hydrogens is 124 g/mol. The van der Waals surface area contributed by atoms with Crippen LogP contribution in [0.5, 0.6) is 0 Å². The molecule has 0 rings (SSSR count). The van der Waals surface area contributed by atoms with Crippen LogP contribution in [0.3, 0.4) is 0 Å². The predicted octanol–water partition coefficient (Wildman–Crippen LogP) is 2.50. The first kappa shape index (κ1) is 9.70. The summed E-state index contributed by atoms with van der Waals surface area (Å²) < 4.78 is 0. The van der Waals surface area contributed by atoms with E-state index in [1.807, 2.05) is 26.8 Å². The van der Waals surface area contributed by atoms with Gasteiger partial charge < -0.3 is 5.11 Å². The molecule has 0 heterocycles. The number of allylic oxidation sites excluding steroid dienone is 2. The fourth-order valence-corrected chi connectivity index (χ4v) is 0.819. The van der Waals surface area contributed by atoms with Gasteiger partial charge in [-0.3, -0.25) is 0 Å². The van der Waals surface area contributed by atoms with Gasteiger partial charge in [0, 0.05) is 0 Å². The van der Waals surface area contributed by atoms with E-state index in [9.17, 15) is 5.11 Å². The highest BCUT2D eigenvalue weighted by Crippen LogP contribution is 2.11. The van der Waals surface area contributed by atoms with Crippen molar-refractivity contribution in [2.24, 2.45) is 0 Å². The van der Waals surface area contributed by atoms with Crippen molar-refractivity contribution in [1.29, 1.82) is 0 Å². The molecule has 0 aliphatic rings. The Balaban J connectivity index is 3.20. The third-order valence-electron chi connectivity index (χ3n) is 1.40. The van der Waals surface area contributed by atoms with Crippen LogP contribution < -0.4 is 0 Å². The molecular formula is C9H18O. The van der Waals surface area contributed by atoms with Crippen molar-refractivity contribution in [3.05, 3.63) is 12.2 Å². The van der Waals surface area contributed by atoms with Crippen LogP contribution in [0.1, 0.15) is 40.0 Å². The van der Waals surface area contributed by atoms with Crippen LogP contribution in [-0.2, 0) is 0 Å². The number of hydrogen-bond acceptors (Lipinski definition) is 1. The maximum absolute atomic E-state index is 9.29. The lowest BCUT2D eigenvalue weighted by Crippen LogP contribution is -2.17. The van der Waals surface area contributed by atoms with Gasteiger partial charge in [-0.15, -0.1) is 0 Å². The Morgan fingerprint density at radius 1 is 1.40 bits per heavy atom. The van der Waals surface area contributed by atoms with Gasteiger partial charge in [-0.25, -0.2) is 0 Å². The average molecular weight is 142 g/mol. The van der Waals surface area contributed by atoms with Gasteiger partial charge in [-0.2, -0.15) is 0 Å². The van der Waals surface area contributed by atoms with Crippen molar-refractivity contribution in [3.63, 3.8) is 0 Å². The summed E-state index contributed by atoms with van der Waals surface area (Å²) >= 11 is 0. The van der Waals surface area contributed by atoms with E-state index in [4.69, 9.17) is 0 Å². The van der Waals surface area contributed by atoms with Crippen LogP contribution in [0.25, 0.3) is 0 Å². The van der Waals surface area contributed by atoms with Crippen LogP contribution in [-0.4, -0.2) is 10.7 Å². The Morgan fingerprint density at radius 2 is 2.00 bits per heavy atom. The minimum Gasteiger partial charge on any atom is -0.390 e. The molecule has 0 aromatic heterocycles. The number of aliphatic hydroxyl groups is 1. The molecule has 0 radical (unpaired) electrons. The molecule has 0 atom stereocenters. The Labute approximate surface area is 63.8 Å². The summed E-state index contributed by atoms with van der Waals surface area (Å²) in [5, 5.41) is 9.29. The maximum atomic E-state index is 9.29. The quantitative estimate of drug-likeness (QED) is 0.472. The van der Waals surface area contributed by atoms with Gasteiger partial charge in [0.05, 0.1) is 5.60 Å². The van der Waals surface area contributed by atoms with Gasteiger partial charge in [-0.05, 0) is 40.0 Å². The maximum Gasteiger partial charge on any atom is 0.0591 e. The Morgan fingerprint density at radius 3 is 2.40 bits per heavy atom. The third-order valence-corrected chi connectivity index (χ3v) is 1.40. The van der Waals surface area contributed by atoms with Crippen molar-refractivity contribution in [2.45, 2.75) is 45.6 Å². The molecule has 0 saturated heterocycles. The monoisotopic (exact) mass is 142 g/mol. The molecule has 0 fully saturated rings. The molecule has 0 saturated carbocycles. The SMILES string of the molecule is C/C=C/CCCC(C)(C)O. The van der Waals surface area contributed by atoms with Gasteiger partial charge in [0.1, 0.15) is 0 Å². The van der Waals surface area contributed by atoms with Gasteiger partial charge in [-0.1, -0.05) is 12.2 Å². The molecule has 0 aliphatic heterocycles. The van der Waals surface area contributed by atoms with Crippen molar-refractivity contribution in [3.8, 4) is 0 Å². The largest absolute Gasteiger partial charge is 0.390 e. The normalized spacial score (nSPS) is 12.8. The first-order valence-electron chi connectivity index (χ1n) is 3.90. The zero-order valence-corrected chi connectivity index (χ0v) is 7.22. The zero-order chi connectivity index (χ0) is 8.04. The third kappa shape index (κ3) is 7.70. The van der Waals surface area contributed by atoms with E-state index in [1.165, 1.54) is 0 Å². The van der Waals surface area contributed by atoms with E-state index in [1.54, 1.807) is 0 Å². The Hall–Kier alpha value is -0.300. The van der Waals surface area contributed by atoms with Crippen molar-refractivity contribution in [1.82, 2.24) is 0 Å². The number of rotatable bonds is 4. The number of hydrogen-bond donors (Lipinski definition) is 1. The van der Waals surface area contributed by atoms with Crippen LogP contribution >= 0.6 is 0 Å². The van der Waals surface area contributed by atoms with E-state index >= 15 is 0 Å². The summed E-state index contributed by atoms with van der Waals surface area (Å²) in [4.78, 5) is 0. The molecule has 0 bridgehead atoms. The first-order chi connectivity index (χ1) is 4.56. The van der Waals surface area contributed by atoms with E-state index in [-0.39, 0.29) is 0 Å². The standard InChI is InChI=1S/C9H18O/c1-4-5-6-7-8-9(2,3)10/h4-5,10H,6-8H2,1-3H3/b5-4+. The molecule has 0 amide bonds. The molecule has 1 N–H and O–H groups in total. The summed E-state index contributed by atoms with van der Waals surface area (Å²) in [7, 11) is 0. The second-order valence-corrected chi connectivity index (χ2v) is 3.27. The number of unbranched alkanes of at least 4 members (excludes halogenated alkanes) is 1.